The molecule has 0 radical (unpaired) electrons. The third-order valence-corrected chi connectivity index (χ3v) is 4.35. The number of hydrogen-bond donors (Lipinski definition) is 1. The van der Waals surface area contributed by atoms with Crippen LogP contribution in [0.4, 0.5) is 8.78 Å². The summed E-state index contributed by atoms with van der Waals surface area (Å²) in [6.45, 7) is 5.54. The lowest BCUT2D eigenvalue weighted by atomic mass is 10.1. The van der Waals surface area contributed by atoms with Gasteiger partial charge < -0.3 is 0 Å². The van der Waals surface area contributed by atoms with Gasteiger partial charge >= 0.3 is 16.2 Å². The maximum Gasteiger partial charge on any atom is 0.391 e. The highest BCUT2D eigenvalue weighted by Gasteiger charge is 2.53. The molecule has 4 nitrogen and oxygen atoms in total. The van der Waals surface area contributed by atoms with Crippen LogP contribution >= 0.6 is 0 Å². The molecule has 0 aromatic heterocycles. The minimum atomic E-state index is -4.45. The van der Waals surface area contributed by atoms with E-state index in [-0.39, 0.29) is 25.9 Å². The highest BCUT2D eigenvalue weighted by Crippen LogP contribution is 2.35. The molecule has 0 rings (SSSR count). The molecule has 0 unspecified atom stereocenters. The Labute approximate surface area is 121 Å². The average Bonchev–Trinajstić information content (AvgIpc) is 2.30. The molecule has 0 atom stereocenters. The minimum Gasteiger partial charge on any atom is -0.281 e. The Balaban J connectivity index is 5.50. The van der Waals surface area contributed by atoms with Gasteiger partial charge in [0.2, 0.25) is 5.88 Å². The van der Waals surface area contributed by atoms with Crippen LogP contribution in [0, 0.1) is 0 Å². The van der Waals surface area contributed by atoms with Gasteiger partial charge in [0, 0.05) is 0 Å². The van der Waals surface area contributed by atoms with Crippen molar-refractivity contribution in [2.45, 2.75) is 65.3 Å². The lowest BCUT2D eigenvalue weighted by Gasteiger charge is -2.43. The minimum absolute atomic E-state index is 0.0727. The van der Waals surface area contributed by atoms with Crippen LogP contribution in [0.2, 0.25) is 0 Å². The Hall–Kier alpha value is -0.270. The van der Waals surface area contributed by atoms with Crippen LogP contribution in [0.1, 0.15) is 59.3 Å². The van der Waals surface area contributed by atoms with E-state index in [2.05, 4.69) is 0 Å². The fourth-order valence-corrected chi connectivity index (χ4v) is 3.51. The molecule has 7 heteroatoms. The Morgan fingerprint density at radius 3 is 1.75 bits per heavy atom. The highest BCUT2D eigenvalue weighted by atomic mass is 32.2. The van der Waals surface area contributed by atoms with E-state index in [1.165, 1.54) is 0 Å². The van der Waals surface area contributed by atoms with Gasteiger partial charge in [-0.05, 0) is 19.3 Å². The molecule has 0 bridgehead atoms. The normalized spacial score (nSPS) is 13.7. The molecule has 0 aromatic rings. The lowest BCUT2D eigenvalue weighted by Crippen LogP contribution is -2.62. The standard InChI is InChI=1S/C13H27F2NO3S/c1-4-7-10-16(11-8-5-2,12-20(17,18)19)13(14,15)9-6-3/h4-12H2,1-3H3/p+1. The first kappa shape index (κ1) is 19.7. The summed E-state index contributed by atoms with van der Waals surface area (Å²) in [5, 5.41) is 0. The van der Waals surface area contributed by atoms with Crippen molar-refractivity contribution >= 4 is 10.1 Å². The predicted molar refractivity (Wildman–Crippen MR) is 76.1 cm³/mol. The van der Waals surface area contributed by atoms with Gasteiger partial charge in [-0.2, -0.15) is 8.42 Å². The monoisotopic (exact) mass is 316 g/mol. The van der Waals surface area contributed by atoms with E-state index >= 15 is 0 Å². The smallest absolute Gasteiger partial charge is 0.281 e. The number of halogens is 2. The maximum atomic E-state index is 14.5. The van der Waals surface area contributed by atoms with Crippen LogP contribution in [0.5, 0.6) is 0 Å². The van der Waals surface area contributed by atoms with Gasteiger partial charge in [0.25, 0.3) is 0 Å². The zero-order valence-corrected chi connectivity index (χ0v) is 13.6. The molecular formula is C13H28F2NO3S+. The van der Waals surface area contributed by atoms with Crippen molar-refractivity contribution in [3.8, 4) is 0 Å². The van der Waals surface area contributed by atoms with E-state index in [1.807, 2.05) is 13.8 Å². The van der Waals surface area contributed by atoms with Gasteiger partial charge in [0.05, 0.1) is 19.5 Å². The summed E-state index contributed by atoms with van der Waals surface area (Å²) < 4.78 is 59.8. The molecule has 0 saturated heterocycles. The average molecular weight is 316 g/mol. The second-order valence-electron chi connectivity index (χ2n) is 5.43. The molecule has 0 aromatic carbocycles. The fraction of sp³-hybridized carbons (Fsp3) is 1.00. The van der Waals surface area contributed by atoms with Crippen molar-refractivity contribution in [2.75, 3.05) is 19.0 Å². The van der Waals surface area contributed by atoms with Gasteiger partial charge in [0.15, 0.2) is 0 Å². The van der Waals surface area contributed by atoms with Crippen molar-refractivity contribution in [1.29, 1.82) is 0 Å². The molecule has 1 N–H and O–H groups in total. The van der Waals surface area contributed by atoms with E-state index < -0.39 is 26.5 Å². The lowest BCUT2D eigenvalue weighted by molar-refractivity contribution is -1.00. The van der Waals surface area contributed by atoms with Crippen LogP contribution in [0.3, 0.4) is 0 Å². The second-order valence-corrected chi connectivity index (χ2v) is 6.85. The third-order valence-electron chi connectivity index (χ3n) is 3.53. The van der Waals surface area contributed by atoms with E-state index in [0.29, 0.717) is 25.7 Å². The third kappa shape index (κ3) is 6.01. The van der Waals surface area contributed by atoms with Crippen LogP contribution in [0.25, 0.3) is 0 Å². The molecule has 0 spiro atoms. The van der Waals surface area contributed by atoms with Crippen LogP contribution < -0.4 is 0 Å². The van der Waals surface area contributed by atoms with E-state index in [4.69, 9.17) is 4.55 Å². The van der Waals surface area contributed by atoms with Gasteiger partial charge in [-0.15, -0.1) is 8.78 Å². The van der Waals surface area contributed by atoms with Crippen molar-refractivity contribution in [1.82, 2.24) is 0 Å². The Morgan fingerprint density at radius 2 is 1.45 bits per heavy atom. The van der Waals surface area contributed by atoms with Crippen LogP contribution in [-0.2, 0) is 10.1 Å². The molecular weight excluding hydrogens is 288 g/mol. The Kier molecular flexibility index (Phi) is 8.13. The van der Waals surface area contributed by atoms with Crippen molar-refractivity contribution in [3.05, 3.63) is 0 Å². The number of nitrogens with zero attached hydrogens (tertiary/aromatic N) is 1. The molecule has 0 aliphatic heterocycles. The van der Waals surface area contributed by atoms with E-state index in [0.717, 1.165) is 0 Å². The molecule has 0 saturated carbocycles. The fourth-order valence-electron chi connectivity index (χ4n) is 2.43. The summed E-state index contributed by atoms with van der Waals surface area (Å²) in [5.74, 6) is -0.903. The number of hydrogen-bond acceptors (Lipinski definition) is 2. The molecule has 0 fully saturated rings. The Bertz CT molecular complexity index is 364. The van der Waals surface area contributed by atoms with Crippen LogP contribution in [-0.4, -0.2) is 42.5 Å². The quantitative estimate of drug-likeness (QED) is 0.360. The zero-order chi connectivity index (χ0) is 15.9. The summed E-state index contributed by atoms with van der Waals surface area (Å²) in [6, 6.07) is -3.13. The number of quaternary nitrogens is 1. The molecule has 0 aliphatic carbocycles. The summed E-state index contributed by atoms with van der Waals surface area (Å²) in [4.78, 5) is 0. The molecule has 122 valence electrons. The highest BCUT2D eigenvalue weighted by molar-refractivity contribution is 7.85. The molecule has 0 aliphatic rings. The topological polar surface area (TPSA) is 54.4 Å². The molecule has 0 amide bonds. The Morgan fingerprint density at radius 1 is 1.00 bits per heavy atom. The maximum absolute atomic E-state index is 14.5. The molecule has 20 heavy (non-hydrogen) atoms. The first-order valence-corrected chi connectivity index (χ1v) is 8.94. The first-order valence-electron chi connectivity index (χ1n) is 7.33. The first-order chi connectivity index (χ1) is 9.14. The number of rotatable bonds is 11. The van der Waals surface area contributed by atoms with Gasteiger partial charge in [-0.1, -0.05) is 33.6 Å². The van der Waals surface area contributed by atoms with Gasteiger partial charge in [-0.25, -0.2) is 4.48 Å². The van der Waals surface area contributed by atoms with E-state index in [1.54, 1.807) is 6.92 Å². The molecule has 0 heterocycles. The van der Waals surface area contributed by atoms with Crippen LogP contribution in [0.15, 0.2) is 0 Å². The zero-order valence-electron chi connectivity index (χ0n) is 12.7. The van der Waals surface area contributed by atoms with Gasteiger partial charge in [-0.3, -0.25) is 4.55 Å². The summed E-state index contributed by atoms with van der Waals surface area (Å²) in [7, 11) is -4.45. The summed E-state index contributed by atoms with van der Waals surface area (Å²) in [5.41, 5.74) is 0. The van der Waals surface area contributed by atoms with Crippen molar-refractivity contribution < 1.29 is 26.2 Å². The summed E-state index contributed by atoms with van der Waals surface area (Å²) in [6.07, 6.45) is 2.35. The number of alkyl halides is 2. The largest absolute Gasteiger partial charge is 0.391 e. The van der Waals surface area contributed by atoms with Gasteiger partial charge in [0.1, 0.15) is 0 Å². The SMILES string of the molecule is CCCC[N+](CCCC)(CS(=O)(=O)O)C(F)(F)CCC. The number of unbranched alkanes of at least 4 members (excludes halogenated alkanes) is 2. The summed E-state index contributed by atoms with van der Waals surface area (Å²) >= 11 is 0. The second kappa shape index (κ2) is 8.24. The van der Waals surface area contributed by atoms with Crippen molar-refractivity contribution in [2.24, 2.45) is 0 Å². The predicted octanol–water partition coefficient (Wildman–Crippen LogP) is 3.64. The van der Waals surface area contributed by atoms with Crippen molar-refractivity contribution in [3.63, 3.8) is 0 Å². The van der Waals surface area contributed by atoms with E-state index in [9.17, 15) is 17.2 Å².